The smallest absolute Gasteiger partial charge is 0.387 e. The normalized spacial score (nSPS) is 16.4. The number of nitrogens with zero attached hydrogens (tertiary/aromatic N) is 4. The van der Waals surface area contributed by atoms with Gasteiger partial charge in [-0.1, -0.05) is 11.6 Å². The number of halogens is 3. The molecule has 13 heteroatoms. The Morgan fingerprint density at radius 2 is 2.09 bits per heavy atom. The lowest BCUT2D eigenvalue weighted by atomic mass is 10.1. The molecule has 1 unspecified atom stereocenters. The number of hydrogen-bond acceptors (Lipinski definition) is 9. The molecule has 186 valence electrons. The number of nitrogens with two attached hydrogens (primary N) is 1. The number of benzene rings is 1. The van der Waals surface area contributed by atoms with E-state index in [4.69, 9.17) is 22.1 Å². The van der Waals surface area contributed by atoms with Crippen LogP contribution in [0.5, 0.6) is 5.75 Å². The molecule has 0 saturated carbocycles. The second-order valence-corrected chi connectivity index (χ2v) is 9.33. The van der Waals surface area contributed by atoms with Gasteiger partial charge in [0.1, 0.15) is 9.90 Å². The third-order valence-corrected chi connectivity index (χ3v) is 6.84. The van der Waals surface area contributed by atoms with Crippen LogP contribution in [0.2, 0.25) is 5.02 Å². The first-order valence-electron chi connectivity index (χ1n) is 10.7. The number of rotatable bonds is 8. The van der Waals surface area contributed by atoms with Crippen LogP contribution in [-0.2, 0) is 0 Å². The van der Waals surface area contributed by atoms with Crippen molar-refractivity contribution in [3.8, 4) is 5.75 Å². The fourth-order valence-electron chi connectivity index (χ4n) is 3.65. The van der Waals surface area contributed by atoms with Gasteiger partial charge in [-0.2, -0.15) is 13.8 Å². The first-order valence-corrected chi connectivity index (χ1v) is 11.9. The Hall–Kier alpha value is -3.22. The van der Waals surface area contributed by atoms with Crippen molar-refractivity contribution in [2.45, 2.75) is 19.6 Å². The van der Waals surface area contributed by atoms with E-state index >= 15 is 0 Å². The van der Waals surface area contributed by atoms with Gasteiger partial charge in [-0.05, 0) is 37.6 Å². The van der Waals surface area contributed by atoms with Gasteiger partial charge in [0, 0.05) is 37.4 Å². The van der Waals surface area contributed by atoms with Crippen molar-refractivity contribution in [1.82, 2.24) is 14.9 Å². The van der Waals surface area contributed by atoms with Crippen LogP contribution in [0.15, 0.2) is 35.8 Å². The number of aromatic nitrogens is 2. The first-order chi connectivity index (χ1) is 16.7. The molecule has 1 aliphatic heterocycles. The van der Waals surface area contributed by atoms with Gasteiger partial charge in [-0.3, -0.25) is 4.79 Å². The second-order valence-electron chi connectivity index (χ2n) is 8.00. The average molecular weight is 524 g/mol. The van der Waals surface area contributed by atoms with E-state index in [0.29, 0.717) is 16.6 Å². The molecule has 1 saturated heterocycles. The first kappa shape index (κ1) is 24.9. The largest absolute Gasteiger partial charge is 0.433 e. The number of piperazine rings is 1. The third-order valence-electron chi connectivity index (χ3n) is 5.64. The van der Waals surface area contributed by atoms with Gasteiger partial charge in [0.2, 0.25) is 5.95 Å². The number of alkyl halides is 2. The van der Waals surface area contributed by atoms with E-state index in [9.17, 15) is 13.6 Å². The zero-order valence-electron chi connectivity index (χ0n) is 19.0. The summed E-state index contributed by atoms with van der Waals surface area (Å²) in [7, 11) is 2.06. The molecule has 0 aliphatic carbocycles. The molecule has 3 aromatic rings. The van der Waals surface area contributed by atoms with Gasteiger partial charge in [0.05, 0.1) is 17.6 Å². The van der Waals surface area contributed by atoms with E-state index in [0.717, 1.165) is 25.3 Å². The second kappa shape index (κ2) is 10.6. The van der Waals surface area contributed by atoms with Gasteiger partial charge in [0.25, 0.3) is 5.91 Å². The maximum atomic E-state index is 13.2. The summed E-state index contributed by atoms with van der Waals surface area (Å²) in [5.74, 6) is -0.321. The lowest BCUT2D eigenvalue weighted by Crippen LogP contribution is -2.50. The molecule has 1 aliphatic rings. The van der Waals surface area contributed by atoms with Crippen molar-refractivity contribution in [3.63, 3.8) is 0 Å². The number of thiophene rings is 1. The van der Waals surface area contributed by atoms with Crippen molar-refractivity contribution < 1.29 is 18.3 Å². The minimum absolute atomic E-state index is 0.0361. The standard InChI is InChI=1S/C22H24ClF2N7O2S/c1-12-11-32(7-6-31(12)2)13-3-4-15(17(9-13)34-21(24)25)29-22-27-10-14(23)20(30-22)28-16-5-8-35-18(16)19(26)33/h3-5,8-10,12,21H,6-7,11H2,1-2H3,(H2,26,33)(H2,27,28,29,30). The molecule has 9 nitrogen and oxygen atoms in total. The highest BCUT2D eigenvalue weighted by molar-refractivity contribution is 7.12. The van der Waals surface area contributed by atoms with Crippen molar-refractivity contribution >= 4 is 57.7 Å². The zero-order valence-corrected chi connectivity index (χ0v) is 20.5. The molecule has 1 aromatic carbocycles. The van der Waals surface area contributed by atoms with Gasteiger partial charge >= 0.3 is 6.61 Å². The summed E-state index contributed by atoms with van der Waals surface area (Å²) in [5, 5.41) is 7.77. The molecule has 3 heterocycles. The summed E-state index contributed by atoms with van der Waals surface area (Å²) < 4.78 is 31.2. The maximum absolute atomic E-state index is 13.2. The van der Waals surface area contributed by atoms with Crippen LogP contribution in [0, 0.1) is 0 Å². The topological polar surface area (TPSA) is 109 Å². The lowest BCUT2D eigenvalue weighted by Gasteiger charge is -2.39. The number of likely N-dealkylation sites (N-methyl/N-ethyl adjacent to an activating group) is 1. The van der Waals surface area contributed by atoms with E-state index in [1.165, 1.54) is 17.5 Å². The summed E-state index contributed by atoms with van der Waals surface area (Å²) >= 11 is 7.39. The molecule has 1 fully saturated rings. The molecule has 0 bridgehead atoms. The van der Waals surface area contributed by atoms with E-state index in [1.54, 1.807) is 23.6 Å². The third kappa shape index (κ3) is 5.89. The highest BCUT2D eigenvalue weighted by atomic mass is 35.5. The van der Waals surface area contributed by atoms with E-state index in [2.05, 4.69) is 44.4 Å². The fourth-order valence-corrected chi connectivity index (χ4v) is 4.49. The van der Waals surface area contributed by atoms with E-state index in [1.807, 2.05) is 6.07 Å². The molecule has 1 amide bonds. The van der Waals surface area contributed by atoms with Gasteiger partial charge in [-0.15, -0.1) is 11.3 Å². The van der Waals surface area contributed by atoms with Gasteiger partial charge < -0.3 is 30.9 Å². The number of amides is 1. The Balaban J connectivity index is 1.58. The molecule has 2 aromatic heterocycles. The maximum Gasteiger partial charge on any atom is 0.387 e. The molecule has 35 heavy (non-hydrogen) atoms. The molecule has 0 radical (unpaired) electrons. The highest BCUT2D eigenvalue weighted by Crippen LogP contribution is 2.35. The van der Waals surface area contributed by atoms with Crippen molar-refractivity contribution in [3.05, 3.63) is 45.7 Å². The number of carbonyl (C=O) groups excluding carboxylic acids is 1. The van der Waals surface area contributed by atoms with Crippen LogP contribution in [-0.4, -0.2) is 60.1 Å². The van der Waals surface area contributed by atoms with Crippen LogP contribution in [0.4, 0.5) is 37.6 Å². The number of nitrogens with one attached hydrogen (secondary N) is 2. The molecule has 0 spiro atoms. The van der Waals surface area contributed by atoms with Gasteiger partial charge in [0.15, 0.2) is 11.6 Å². The van der Waals surface area contributed by atoms with Crippen molar-refractivity contribution in [2.24, 2.45) is 5.73 Å². The monoisotopic (exact) mass is 523 g/mol. The number of ether oxygens (including phenoxy) is 1. The molecule has 1 atom stereocenters. The predicted octanol–water partition coefficient (Wildman–Crippen LogP) is 4.52. The van der Waals surface area contributed by atoms with Gasteiger partial charge in [-0.25, -0.2) is 4.98 Å². The number of hydrogen-bond donors (Lipinski definition) is 3. The van der Waals surface area contributed by atoms with Crippen LogP contribution in [0.3, 0.4) is 0 Å². The van der Waals surface area contributed by atoms with Crippen LogP contribution in [0.1, 0.15) is 16.6 Å². The van der Waals surface area contributed by atoms with Crippen LogP contribution < -0.4 is 26.0 Å². The van der Waals surface area contributed by atoms with Crippen molar-refractivity contribution in [1.29, 1.82) is 0 Å². The van der Waals surface area contributed by atoms with Crippen molar-refractivity contribution in [2.75, 3.05) is 42.2 Å². The minimum Gasteiger partial charge on any atom is -0.433 e. The molecular weight excluding hydrogens is 500 g/mol. The Bertz CT molecular complexity index is 1210. The summed E-state index contributed by atoms with van der Waals surface area (Å²) in [6, 6.07) is 7.05. The van der Waals surface area contributed by atoms with E-state index in [-0.39, 0.29) is 28.2 Å². The SMILES string of the molecule is CC1CN(c2ccc(Nc3ncc(Cl)c(Nc4ccsc4C(N)=O)n3)c(OC(F)F)c2)CCN1C. The number of carbonyl (C=O) groups is 1. The predicted molar refractivity (Wildman–Crippen MR) is 134 cm³/mol. The average Bonchev–Trinajstić information content (AvgIpc) is 3.27. The lowest BCUT2D eigenvalue weighted by molar-refractivity contribution is -0.0493. The Kier molecular flexibility index (Phi) is 7.53. The fraction of sp³-hybridized carbons (Fsp3) is 0.318. The summed E-state index contributed by atoms with van der Waals surface area (Å²) in [5.41, 5.74) is 6.88. The quantitative estimate of drug-likeness (QED) is 0.395. The molecule has 4 rings (SSSR count). The zero-order chi connectivity index (χ0) is 25.1. The highest BCUT2D eigenvalue weighted by Gasteiger charge is 2.22. The summed E-state index contributed by atoms with van der Waals surface area (Å²) in [4.78, 5) is 24.7. The van der Waals surface area contributed by atoms with Crippen LogP contribution >= 0.6 is 22.9 Å². The number of primary amides is 1. The molecule has 4 N–H and O–H groups in total. The summed E-state index contributed by atoms with van der Waals surface area (Å²) in [6.45, 7) is 1.51. The Morgan fingerprint density at radius 3 is 2.80 bits per heavy atom. The minimum atomic E-state index is -3.01. The summed E-state index contributed by atoms with van der Waals surface area (Å²) in [6.07, 6.45) is 1.35. The molecular formula is C22H24ClF2N7O2S. The Morgan fingerprint density at radius 1 is 1.29 bits per heavy atom. The van der Waals surface area contributed by atoms with Crippen LogP contribution in [0.25, 0.3) is 0 Å². The van der Waals surface area contributed by atoms with E-state index < -0.39 is 12.5 Å². The number of anilines is 5. The Labute approximate surface area is 209 Å².